The largest absolute Gasteiger partial charge is 0.493 e. The molecule has 0 saturated carbocycles. The molecule has 1 aliphatic rings. The van der Waals surface area contributed by atoms with Gasteiger partial charge in [-0.3, -0.25) is 14.4 Å². The van der Waals surface area contributed by atoms with Gasteiger partial charge in [-0.15, -0.1) is 0 Å². The Hall–Kier alpha value is -5.12. The molecule has 2 amide bonds. The van der Waals surface area contributed by atoms with Gasteiger partial charge in [-0.05, 0) is 61.8 Å². The Morgan fingerprint density at radius 1 is 0.854 bits per heavy atom. The van der Waals surface area contributed by atoms with E-state index in [1.54, 1.807) is 6.33 Å². The molecular weight excluding hydrogens is 608 g/mol. The van der Waals surface area contributed by atoms with Gasteiger partial charge in [0.2, 0.25) is 11.7 Å². The van der Waals surface area contributed by atoms with Gasteiger partial charge in [0, 0.05) is 25.1 Å². The van der Waals surface area contributed by atoms with Crippen molar-refractivity contribution in [1.29, 1.82) is 0 Å². The summed E-state index contributed by atoms with van der Waals surface area (Å²) in [6.45, 7) is 0.0750. The quantitative estimate of drug-likeness (QED) is 0.140. The first-order chi connectivity index (χ1) is 23.3. The fourth-order valence-electron chi connectivity index (χ4n) is 6.34. The smallest absolute Gasteiger partial charge is 0.296 e. The molecule has 1 N–H and O–H groups in total. The summed E-state index contributed by atoms with van der Waals surface area (Å²) in [5.74, 6) is -1.04. The standard InChI is InChI=1S/C38H44N4O6/c1-41-25-39-30-23-31(42(24-32(30)41)38(45)35(43)28-21-33(46-2)36(48-4)34(22-28)47-3)37(44)40-29(19-11-17-26-13-7-5-8-14-26)20-12-18-27-15-9-6-10-16-27/h5-10,13-16,21-22,25,29,31H,11-12,17-20,23-24H2,1-4H3,(H,40,44)/t31-/m0/s1. The summed E-state index contributed by atoms with van der Waals surface area (Å²) in [5, 5.41) is 3.28. The van der Waals surface area contributed by atoms with Gasteiger partial charge in [-0.2, -0.15) is 0 Å². The van der Waals surface area contributed by atoms with Gasteiger partial charge in [0.1, 0.15) is 6.04 Å². The van der Waals surface area contributed by atoms with Crippen molar-refractivity contribution in [2.24, 2.45) is 7.05 Å². The monoisotopic (exact) mass is 652 g/mol. The summed E-state index contributed by atoms with van der Waals surface area (Å²) in [7, 11) is 6.19. The third-order valence-electron chi connectivity index (χ3n) is 8.98. The maximum absolute atomic E-state index is 14.1. The summed E-state index contributed by atoms with van der Waals surface area (Å²) in [4.78, 5) is 47.8. The lowest BCUT2D eigenvalue weighted by atomic mass is 9.96. The third-order valence-corrected chi connectivity index (χ3v) is 8.98. The van der Waals surface area contributed by atoms with Crippen molar-refractivity contribution in [2.45, 2.75) is 63.6 Å². The molecule has 48 heavy (non-hydrogen) atoms. The van der Waals surface area contributed by atoms with Crippen molar-refractivity contribution in [3.05, 3.63) is 107 Å². The van der Waals surface area contributed by atoms with E-state index in [4.69, 9.17) is 14.2 Å². The molecule has 0 aliphatic carbocycles. The van der Waals surface area contributed by atoms with Crippen LogP contribution in [-0.4, -0.2) is 65.5 Å². The molecule has 1 atom stereocenters. The van der Waals surface area contributed by atoms with E-state index in [1.165, 1.54) is 49.5 Å². The minimum Gasteiger partial charge on any atom is -0.493 e. The van der Waals surface area contributed by atoms with Crippen LogP contribution in [0.1, 0.15) is 58.6 Å². The van der Waals surface area contributed by atoms with Crippen LogP contribution in [0.3, 0.4) is 0 Å². The number of nitrogens with zero attached hydrogens (tertiary/aromatic N) is 3. The van der Waals surface area contributed by atoms with Gasteiger partial charge in [-0.25, -0.2) is 4.98 Å². The molecule has 0 fully saturated rings. The summed E-state index contributed by atoms with van der Waals surface area (Å²) < 4.78 is 18.0. The van der Waals surface area contributed by atoms with E-state index in [0.29, 0.717) is 5.75 Å². The molecule has 2 heterocycles. The molecule has 252 valence electrons. The highest BCUT2D eigenvalue weighted by Crippen LogP contribution is 2.38. The molecule has 0 unspecified atom stereocenters. The number of ether oxygens (including phenoxy) is 3. The van der Waals surface area contributed by atoms with Crippen molar-refractivity contribution in [2.75, 3.05) is 21.3 Å². The molecule has 1 aliphatic heterocycles. The van der Waals surface area contributed by atoms with Crippen LogP contribution < -0.4 is 19.5 Å². The average molecular weight is 653 g/mol. The zero-order valence-corrected chi connectivity index (χ0v) is 28.1. The van der Waals surface area contributed by atoms with E-state index in [0.717, 1.165) is 49.9 Å². The highest BCUT2D eigenvalue weighted by molar-refractivity contribution is 6.43. The first-order valence-corrected chi connectivity index (χ1v) is 16.4. The number of carbonyl (C=O) groups is 3. The lowest BCUT2D eigenvalue weighted by Crippen LogP contribution is -2.56. The number of Topliss-reactive ketones (excluding diaryl/α,β-unsaturated/α-hetero) is 1. The van der Waals surface area contributed by atoms with Crippen molar-refractivity contribution < 1.29 is 28.6 Å². The minimum atomic E-state index is -0.906. The lowest BCUT2D eigenvalue weighted by Gasteiger charge is -2.35. The first kappa shape index (κ1) is 34.2. The number of aromatic nitrogens is 2. The van der Waals surface area contributed by atoms with Crippen LogP contribution in [0, 0.1) is 0 Å². The van der Waals surface area contributed by atoms with E-state index >= 15 is 0 Å². The molecular formula is C38H44N4O6. The van der Waals surface area contributed by atoms with E-state index in [1.807, 2.05) is 48.0 Å². The number of methoxy groups -OCH3 is 3. The second-order valence-corrected chi connectivity index (χ2v) is 12.1. The molecule has 0 radical (unpaired) electrons. The van der Waals surface area contributed by atoms with Crippen LogP contribution >= 0.6 is 0 Å². The normalized spacial score (nSPS) is 13.9. The molecule has 5 rings (SSSR count). The molecule has 3 aromatic carbocycles. The number of nitrogens with one attached hydrogen (secondary N) is 1. The minimum absolute atomic E-state index is 0.0733. The lowest BCUT2D eigenvalue weighted by molar-refractivity contribution is -0.139. The molecule has 10 heteroatoms. The molecule has 0 saturated heterocycles. The van der Waals surface area contributed by atoms with E-state index in [9.17, 15) is 14.4 Å². The van der Waals surface area contributed by atoms with Gasteiger partial charge in [0.05, 0.1) is 45.6 Å². The van der Waals surface area contributed by atoms with Crippen LogP contribution in [0.5, 0.6) is 17.2 Å². The van der Waals surface area contributed by atoms with E-state index < -0.39 is 17.7 Å². The first-order valence-electron chi connectivity index (χ1n) is 16.4. The fourth-order valence-corrected chi connectivity index (χ4v) is 6.34. The van der Waals surface area contributed by atoms with Gasteiger partial charge in [-0.1, -0.05) is 60.7 Å². The predicted molar refractivity (Wildman–Crippen MR) is 182 cm³/mol. The van der Waals surface area contributed by atoms with Crippen LogP contribution in [0.25, 0.3) is 0 Å². The Morgan fingerprint density at radius 2 is 1.42 bits per heavy atom. The number of hydrogen-bond acceptors (Lipinski definition) is 7. The molecule has 10 nitrogen and oxygen atoms in total. The van der Waals surface area contributed by atoms with Crippen LogP contribution in [-0.2, 0) is 42.4 Å². The summed E-state index contributed by atoms with van der Waals surface area (Å²) >= 11 is 0. The third kappa shape index (κ3) is 8.05. The molecule has 1 aromatic heterocycles. The SMILES string of the molecule is COc1cc(C(=O)C(=O)N2Cc3c(ncn3C)C[C@H]2C(=O)NC(CCCc2ccccc2)CCCc2ccccc2)cc(OC)c1OC. The zero-order valence-electron chi connectivity index (χ0n) is 28.1. The Morgan fingerprint density at radius 3 is 1.94 bits per heavy atom. The van der Waals surface area contributed by atoms with Gasteiger partial charge in [0.15, 0.2) is 11.5 Å². The summed E-state index contributed by atoms with van der Waals surface area (Å²) in [6.07, 6.45) is 7.06. The van der Waals surface area contributed by atoms with Crippen LogP contribution in [0.4, 0.5) is 0 Å². The molecule has 0 bridgehead atoms. The Balaban J connectivity index is 1.36. The number of hydrogen-bond donors (Lipinski definition) is 1. The van der Waals surface area contributed by atoms with Gasteiger partial charge in [0.25, 0.3) is 11.7 Å². The fraction of sp³-hybridized carbons (Fsp3) is 0.368. The highest BCUT2D eigenvalue weighted by atomic mass is 16.5. The number of imidazole rings is 1. The zero-order chi connectivity index (χ0) is 34.0. The van der Waals surface area contributed by atoms with Crippen molar-refractivity contribution in [3.8, 4) is 17.2 Å². The topological polar surface area (TPSA) is 112 Å². The number of benzene rings is 3. The number of aryl methyl sites for hydroxylation is 3. The summed E-state index contributed by atoms with van der Waals surface area (Å²) in [5.41, 5.74) is 4.11. The number of carbonyl (C=O) groups excluding carboxylic acids is 3. The van der Waals surface area contributed by atoms with E-state index in [-0.39, 0.29) is 42.0 Å². The molecule has 4 aromatic rings. The predicted octanol–water partition coefficient (Wildman–Crippen LogP) is 5.11. The molecule has 0 spiro atoms. The number of amides is 2. The van der Waals surface area contributed by atoms with Crippen molar-refractivity contribution in [3.63, 3.8) is 0 Å². The second kappa shape index (κ2) is 16.1. The van der Waals surface area contributed by atoms with E-state index in [2.05, 4.69) is 34.6 Å². The number of fused-ring (bicyclic) bond motifs is 1. The number of rotatable bonds is 15. The number of ketones is 1. The Labute approximate surface area is 282 Å². The second-order valence-electron chi connectivity index (χ2n) is 12.1. The maximum atomic E-state index is 14.1. The van der Waals surface area contributed by atoms with Crippen molar-refractivity contribution in [1.82, 2.24) is 19.8 Å². The van der Waals surface area contributed by atoms with Crippen LogP contribution in [0.2, 0.25) is 0 Å². The maximum Gasteiger partial charge on any atom is 0.296 e. The van der Waals surface area contributed by atoms with Crippen LogP contribution in [0.15, 0.2) is 79.1 Å². The summed E-state index contributed by atoms with van der Waals surface area (Å²) in [6, 6.07) is 22.5. The van der Waals surface area contributed by atoms with Crippen molar-refractivity contribution >= 4 is 17.6 Å². The van der Waals surface area contributed by atoms with Gasteiger partial charge >= 0.3 is 0 Å². The van der Waals surface area contributed by atoms with Gasteiger partial charge < -0.3 is 29.0 Å². The highest BCUT2D eigenvalue weighted by Gasteiger charge is 2.40. The average Bonchev–Trinajstić information content (AvgIpc) is 3.49. The Kier molecular flexibility index (Phi) is 11.5. The Bertz CT molecular complexity index is 1630.